The van der Waals surface area contributed by atoms with Crippen LogP contribution >= 0.6 is 0 Å². The summed E-state index contributed by atoms with van der Waals surface area (Å²) < 4.78 is 0. The van der Waals surface area contributed by atoms with Gasteiger partial charge < -0.3 is 16.2 Å². The zero-order valence-corrected chi connectivity index (χ0v) is 9.43. The van der Waals surface area contributed by atoms with Crippen molar-refractivity contribution in [2.45, 2.75) is 19.8 Å². The van der Waals surface area contributed by atoms with Crippen LogP contribution in [0.25, 0.3) is 0 Å². The topological polar surface area (TPSA) is 134 Å². The van der Waals surface area contributed by atoms with Crippen LogP contribution in [-0.2, 0) is 4.79 Å². The first-order valence-electron chi connectivity index (χ1n) is 5.19. The number of carbonyl (C=O) groups excluding carboxylic acids is 1. The molecule has 8 heteroatoms. The molecule has 1 aromatic heterocycles. The number of anilines is 1. The summed E-state index contributed by atoms with van der Waals surface area (Å²) in [6.07, 6.45) is 1.09. The number of aromatic nitrogens is 3. The van der Waals surface area contributed by atoms with E-state index < -0.39 is 17.8 Å². The number of nitrogens with zero attached hydrogens (tertiary/aromatic N) is 2. The fourth-order valence-electron chi connectivity index (χ4n) is 1.19. The first-order valence-corrected chi connectivity index (χ1v) is 5.19. The predicted molar refractivity (Wildman–Crippen MR) is 59.2 cm³/mol. The van der Waals surface area contributed by atoms with Crippen LogP contribution in [0.4, 0.5) is 5.95 Å². The lowest BCUT2D eigenvalue weighted by atomic mass is 10.1. The van der Waals surface area contributed by atoms with E-state index in [0.29, 0.717) is 19.4 Å². The van der Waals surface area contributed by atoms with E-state index in [-0.39, 0.29) is 11.8 Å². The highest BCUT2D eigenvalue weighted by molar-refractivity contribution is 5.90. The molecule has 0 spiro atoms. The molecule has 17 heavy (non-hydrogen) atoms. The molecule has 1 amide bonds. The van der Waals surface area contributed by atoms with Crippen molar-refractivity contribution < 1.29 is 14.7 Å². The fraction of sp³-hybridized carbons (Fsp3) is 0.556. The van der Waals surface area contributed by atoms with Crippen LogP contribution in [-0.4, -0.2) is 38.7 Å². The first kappa shape index (κ1) is 12.9. The number of hydrogen-bond donors (Lipinski definition) is 4. The summed E-state index contributed by atoms with van der Waals surface area (Å²) in [4.78, 5) is 25.6. The third-order valence-corrected chi connectivity index (χ3v) is 2.24. The average molecular weight is 241 g/mol. The maximum absolute atomic E-state index is 11.4. The van der Waals surface area contributed by atoms with E-state index >= 15 is 0 Å². The molecule has 1 unspecified atom stereocenters. The molecule has 0 saturated heterocycles. The second-order valence-electron chi connectivity index (χ2n) is 3.68. The number of hydrogen-bond acceptors (Lipinski definition) is 5. The Morgan fingerprint density at radius 1 is 1.59 bits per heavy atom. The molecular formula is C9H15N5O3. The van der Waals surface area contributed by atoms with Crippen molar-refractivity contribution in [1.82, 2.24) is 20.5 Å². The number of aliphatic carboxylic acids is 1. The Labute approximate surface area is 97.6 Å². The summed E-state index contributed by atoms with van der Waals surface area (Å²) in [6, 6.07) is 0. The highest BCUT2D eigenvalue weighted by Crippen LogP contribution is 2.04. The number of nitrogens with two attached hydrogens (primary N) is 1. The standard InChI is InChI=1S/C9H15N5O3/c1-5(8(16)17)3-2-4-11-7(15)6-12-9(10)14-13-6/h5H,2-4H2,1H3,(H,11,15)(H,16,17)(H3,10,12,13,14). The van der Waals surface area contributed by atoms with Crippen molar-refractivity contribution >= 4 is 17.8 Å². The van der Waals surface area contributed by atoms with Gasteiger partial charge in [0.05, 0.1) is 5.92 Å². The number of carboxylic acids is 1. The van der Waals surface area contributed by atoms with Crippen LogP contribution < -0.4 is 11.1 Å². The van der Waals surface area contributed by atoms with Crippen molar-refractivity contribution in [1.29, 1.82) is 0 Å². The molecule has 1 atom stereocenters. The molecule has 0 saturated carbocycles. The molecule has 0 bridgehead atoms. The number of aromatic amines is 1. The van der Waals surface area contributed by atoms with Crippen LogP contribution in [0.3, 0.4) is 0 Å². The summed E-state index contributed by atoms with van der Waals surface area (Å²) in [6.45, 7) is 2.01. The minimum Gasteiger partial charge on any atom is -0.481 e. The van der Waals surface area contributed by atoms with Crippen molar-refractivity contribution in [3.8, 4) is 0 Å². The second kappa shape index (κ2) is 5.83. The van der Waals surface area contributed by atoms with Gasteiger partial charge in [-0.25, -0.2) is 0 Å². The molecule has 0 aliphatic heterocycles. The maximum Gasteiger partial charge on any atom is 0.306 e. The van der Waals surface area contributed by atoms with Gasteiger partial charge in [-0.3, -0.25) is 14.7 Å². The lowest BCUT2D eigenvalue weighted by Crippen LogP contribution is -2.26. The SMILES string of the molecule is CC(CCCNC(=O)c1nc(N)n[nH]1)C(=O)O. The van der Waals surface area contributed by atoms with Gasteiger partial charge in [0.2, 0.25) is 11.8 Å². The molecule has 0 radical (unpaired) electrons. The van der Waals surface area contributed by atoms with Crippen LogP contribution in [0, 0.1) is 5.92 Å². The van der Waals surface area contributed by atoms with Crippen LogP contribution in [0.5, 0.6) is 0 Å². The molecule has 0 aliphatic carbocycles. The molecule has 1 heterocycles. The summed E-state index contributed by atoms with van der Waals surface area (Å²) >= 11 is 0. The van der Waals surface area contributed by atoms with Gasteiger partial charge >= 0.3 is 5.97 Å². The van der Waals surface area contributed by atoms with Crippen molar-refractivity contribution in [2.75, 3.05) is 12.3 Å². The zero-order valence-electron chi connectivity index (χ0n) is 9.43. The summed E-state index contributed by atoms with van der Waals surface area (Å²) in [5.41, 5.74) is 5.25. The lowest BCUT2D eigenvalue weighted by Gasteiger charge is -2.06. The maximum atomic E-state index is 11.4. The van der Waals surface area contributed by atoms with E-state index in [1.54, 1.807) is 6.92 Å². The van der Waals surface area contributed by atoms with E-state index in [1.807, 2.05) is 0 Å². The Bertz CT molecular complexity index is 403. The smallest absolute Gasteiger partial charge is 0.306 e. The number of H-pyrrole nitrogens is 1. The molecular weight excluding hydrogens is 226 g/mol. The Hall–Kier alpha value is -2.12. The van der Waals surface area contributed by atoms with Gasteiger partial charge in [-0.2, -0.15) is 4.98 Å². The third kappa shape index (κ3) is 4.09. The molecule has 5 N–H and O–H groups in total. The van der Waals surface area contributed by atoms with Gasteiger partial charge in [0.25, 0.3) is 5.91 Å². The summed E-state index contributed by atoms with van der Waals surface area (Å²) in [5.74, 6) is -1.59. The number of nitrogen functional groups attached to an aromatic ring is 1. The Morgan fingerprint density at radius 2 is 2.29 bits per heavy atom. The highest BCUT2D eigenvalue weighted by Gasteiger charge is 2.12. The Morgan fingerprint density at radius 3 is 2.82 bits per heavy atom. The molecule has 0 aliphatic rings. The predicted octanol–water partition coefficient (Wildman–Crippen LogP) is -0.382. The number of rotatable bonds is 6. The molecule has 94 valence electrons. The monoisotopic (exact) mass is 241 g/mol. The Kier molecular flexibility index (Phi) is 4.44. The normalized spacial score (nSPS) is 12.1. The first-order chi connectivity index (χ1) is 8.00. The van der Waals surface area contributed by atoms with E-state index in [2.05, 4.69) is 20.5 Å². The summed E-state index contributed by atoms with van der Waals surface area (Å²) in [5, 5.41) is 17.1. The van der Waals surface area contributed by atoms with E-state index in [1.165, 1.54) is 0 Å². The quantitative estimate of drug-likeness (QED) is 0.501. The third-order valence-electron chi connectivity index (χ3n) is 2.24. The number of nitrogens with one attached hydrogen (secondary N) is 2. The fourth-order valence-corrected chi connectivity index (χ4v) is 1.19. The van der Waals surface area contributed by atoms with E-state index in [9.17, 15) is 9.59 Å². The van der Waals surface area contributed by atoms with Gasteiger partial charge in [0.15, 0.2) is 0 Å². The molecule has 8 nitrogen and oxygen atoms in total. The van der Waals surface area contributed by atoms with Gasteiger partial charge in [-0.05, 0) is 12.8 Å². The average Bonchev–Trinajstić information content (AvgIpc) is 2.70. The van der Waals surface area contributed by atoms with Crippen LogP contribution in [0.2, 0.25) is 0 Å². The Balaban J connectivity index is 2.23. The minimum absolute atomic E-state index is 0.00893. The van der Waals surface area contributed by atoms with Gasteiger partial charge in [-0.15, -0.1) is 5.10 Å². The molecule has 0 aromatic carbocycles. The lowest BCUT2D eigenvalue weighted by molar-refractivity contribution is -0.141. The number of amides is 1. The van der Waals surface area contributed by atoms with Gasteiger partial charge in [0, 0.05) is 6.54 Å². The van der Waals surface area contributed by atoms with Crippen LogP contribution in [0.1, 0.15) is 30.4 Å². The molecule has 1 rings (SSSR count). The van der Waals surface area contributed by atoms with Crippen LogP contribution in [0.15, 0.2) is 0 Å². The number of carboxylic acid groups (broad SMARTS) is 1. The molecule has 0 fully saturated rings. The second-order valence-corrected chi connectivity index (χ2v) is 3.68. The van der Waals surface area contributed by atoms with Crippen molar-refractivity contribution in [3.05, 3.63) is 5.82 Å². The van der Waals surface area contributed by atoms with E-state index in [4.69, 9.17) is 10.8 Å². The van der Waals surface area contributed by atoms with Crippen molar-refractivity contribution in [2.24, 2.45) is 5.92 Å². The molecule has 1 aromatic rings. The summed E-state index contributed by atoms with van der Waals surface area (Å²) in [7, 11) is 0. The van der Waals surface area contributed by atoms with Gasteiger partial charge in [-0.1, -0.05) is 6.92 Å². The minimum atomic E-state index is -0.834. The van der Waals surface area contributed by atoms with Crippen molar-refractivity contribution in [3.63, 3.8) is 0 Å². The zero-order chi connectivity index (χ0) is 12.8. The highest BCUT2D eigenvalue weighted by atomic mass is 16.4. The largest absolute Gasteiger partial charge is 0.481 e. The number of carbonyl (C=O) groups is 2. The van der Waals surface area contributed by atoms with Gasteiger partial charge in [0.1, 0.15) is 0 Å². The van der Waals surface area contributed by atoms with E-state index in [0.717, 1.165) is 0 Å².